The second kappa shape index (κ2) is 9.37. The summed E-state index contributed by atoms with van der Waals surface area (Å²) in [5, 5.41) is 0. The first-order valence-electron chi connectivity index (χ1n) is 13.5. The fourth-order valence-electron chi connectivity index (χ4n) is 6.11. The van der Waals surface area contributed by atoms with Crippen LogP contribution in [0.15, 0.2) is 0 Å². The zero-order valence-electron chi connectivity index (χ0n) is 23.9. The molecular weight excluding hydrogens is 539 g/mol. The molecule has 0 saturated carbocycles. The van der Waals surface area contributed by atoms with Crippen molar-refractivity contribution in [1.82, 2.24) is 0 Å². The van der Waals surface area contributed by atoms with Crippen LogP contribution in [0.2, 0.25) is 0 Å². The smallest absolute Gasteiger partial charge is 0.332 e. The van der Waals surface area contributed by atoms with Gasteiger partial charge in [-0.15, -0.1) is 0 Å². The van der Waals surface area contributed by atoms with Gasteiger partial charge in [-0.2, -0.15) is 0 Å². The first-order chi connectivity index (χ1) is 17.9. The van der Waals surface area contributed by atoms with Gasteiger partial charge in [0.15, 0.2) is 35.7 Å². The molecule has 224 valence electrons. The van der Waals surface area contributed by atoms with Crippen LogP contribution < -0.4 is 0 Å². The van der Waals surface area contributed by atoms with Crippen molar-refractivity contribution in [1.29, 1.82) is 0 Å². The Bertz CT molecular complexity index is 926. The molecule has 0 spiro atoms. The molecular formula is C25H41O13P. The molecule has 6 saturated heterocycles. The van der Waals surface area contributed by atoms with Crippen LogP contribution in [0.3, 0.4) is 0 Å². The molecule has 13 nitrogen and oxygen atoms in total. The van der Waals surface area contributed by atoms with Crippen molar-refractivity contribution in [2.75, 3.05) is 19.9 Å². The Morgan fingerprint density at radius 2 is 0.897 bits per heavy atom. The Labute approximate surface area is 228 Å². The van der Waals surface area contributed by atoms with E-state index in [4.69, 9.17) is 56.4 Å². The summed E-state index contributed by atoms with van der Waals surface area (Å²) in [4.78, 5) is 0. The highest BCUT2D eigenvalue weighted by atomic mass is 31.2. The largest absolute Gasteiger partial charge is 0.348 e. The van der Waals surface area contributed by atoms with E-state index in [0.717, 1.165) is 0 Å². The van der Waals surface area contributed by atoms with E-state index in [-0.39, 0.29) is 0 Å². The van der Waals surface area contributed by atoms with Gasteiger partial charge in [-0.05, 0) is 55.4 Å². The number of rotatable bonds is 6. The monoisotopic (exact) mass is 580 g/mol. The lowest BCUT2D eigenvalue weighted by atomic mass is 10.1. The van der Waals surface area contributed by atoms with Crippen molar-refractivity contribution in [3.63, 3.8) is 0 Å². The van der Waals surface area contributed by atoms with E-state index in [9.17, 15) is 4.57 Å². The molecule has 0 bridgehead atoms. The molecule has 0 aromatic carbocycles. The SMILES string of the molecule is CC1(C)OC[C@@H]([C@H]2OC(OP(C)(=O)OC3O[C@H]([C@@H]4COC(C)(C)O4)[C@@H]4OC(C)(C)O[C@H]34)[C@H]3OC(C)(C)O[C@@H]23)O1. The zero-order chi connectivity index (χ0) is 28.2. The predicted octanol–water partition coefficient (Wildman–Crippen LogP) is 2.64. The molecule has 0 aromatic rings. The summed E-state index contributed by atoms with van der Waals surface area (Å²) in [7, 11) is -3.81. The molecule has 2 unspecified atom stereocenters. The molecule has 39 heavy (non-hydrogen) atoms. The van der Waals surface area contributed by atoms with Crippen molar-refractivity contribution in [3.05, 3.63) is 0 Å². The third kappa shape index (κ3) is 5.73. The first kappa shape index (κ1) is 28.9. The Hall–Kier alpha value is -0.250. The Morgan fingerprint density at radius 1 is 0.538 bits per heavy atom. The fourth-order valence-corrected chi connectivity index (χ4v) is 7.25. The Kier molecular flexibility index (Phi) is 6.93. The van der Waals surface area contributed by atoms with Crippen molar-refractivity contribution < 1.29 is 61.0 Å². The van der Waals surface area contributed by atoms with Crippen molar-refractivity contribution in [2.45, 2.75) is 140 Å². The van der Waals surface area contributed by atoms with Crippen molar-refractivity contribution in [2.24, 2.45) is 0 Å². The molecule has 0 N–H and O–H groups in total. The summed E-state index contributed by atoms with van der Waals surface area (Å²) in [6.45, 7) is 16.5. The molecule has 6 aliphatic rings. The van der Waals surface area contributed by atoms with E-state index >= 15 is 0 Å². The third-order valence-electron chi connectivity index (χ3n) is 7.48. The van der Waals surface area contributed by atoms with Crippen LogP contribution >= 0.6 is 7.60 Å². The fraction of sp³-hybridized carbons (Fsp3) is 1.00. The highest BCUT2D eigenvalue weighted by Crippen LogP contribution is 2.54. The van der Waals surface area contributed by atoms with Gasteiger partial charge in [0, 0.05) is 6.66 Å². The van der Waals surface area contributed by atoms with Gasteiger partial charge in [0.2, 0.25) is 0 Å². The lowest BCUT2D eigenvalue weighted by Gasteiger charge is -2.29. The lowest BCUT2D eigenvalue weighted by molar-refractivity contribution is -0.240. The second-order valence-electron chi connectivity index (χ2n) is 12.8. The summed E-state index contributed by atoms with van der Waals surface area (Å²) in [6.07, 6.45) is -6.38. The minimum absolute atomic E-state index is 0.314. The van der Waals surface area contributed by atoms with Crippen molar-refractivity contribution >= 4 is 7.60 Å². The molecule has 6 fully saturated rings. The van der Waals surface area contributed by atoms with Crippen molar-refractivity contribution in [3.8, 4) is 0 Å². The van der Waals surface area contributed by atoms with E-state index in [1.54, 1.807) is 27.7 Å². The van der Waals surface area contributed by atoms with Gasteiger partial charge in [-0.25, -0.2) is 0 Å². The molecule has 0 aromatic heterocycles. The average molecular weight is 581 g/mol. The maximum Gasteiger partial charge on any atom is 0.332 e. The number of hydrogen-bond donors (Lipinski definition) is 0. The van der Waals surface area contributed by atoms with Crippen LogP contribution in [0.25, 0.3) is 0 Å². The standard InChI is InChI=1S/C25H41O13P/c1-22(2)27-10-12(31-22)14-16-18(35-24(5,6)33-16)20(29-14)37-39(9,26)38-21-19-17(34-25(7,8)36-19)15(30-21)13-11-28-23(3,4)32-13/h12-21H,10-11H2,1-9H3/t12-,13-,14+,15+,16-,17-,18-,19-,20?,21?,39?/m0/s1. The molecule has 14 heteroatoms. The van der Waals surface area contributed by atoms with E-state index in [1.165, 1.54) is 6.66 Å². The number of fused-ring (bicyclic) bond motifs is 2. The van der Waals surface area contributed by atoms with Gasteiger partial charge in [-0.3, -0.25) is 13.6 Å². The third-order valence-corrected chi connectivity index (χ3v) is 8.66. The lowest BCUT2D eigenvalue weighted by Crippen LogP contribution is -2.40. The molecule has 6 aliphatic heterocycles. The first-order valence-corrected chi connectivity index (χ1v) is 15.5. The van der Waals surface area contributed by atoms with Crippen LogP contribution in [0.4, 0.5) is 0 Å². The van der Waals surface area contributed by atoms with Crippen LogP contribution in [0, 0.1) is 0 Å². The molecule has 0 aliphatic carbocycles. The summed E-state index contributed by atoms with van der Waals surface area (Å²) >= 11 is 0. The second-order valence-corrected chi connectivity index (χ2v) is 14.7. The average Bonchev–Trinajstić information content (AvgIpc) is 3.58. The van der Waals surface area contributed by atoms with Gasteiger partial charge in [0.25, 0.3) is 0 Å². The Balaban J connectivity index is 1.16. The van der Waals surface area contributed by atoms with Crippen LogP contribution in [-0.2, 0) is 61.0 Å². The minimum atomic E-state index is -3.81. The Morgan fingerprint density at radius 3 is 1.23 bits per heavy atom. The minimum Gasteiger partial charge on any atom is -0.348 e. The normalized spacial score (nSPS) is 48.7. The van der Waals surface area contributed by atoms with Gasteiger partial charge in [0.1, 0.15) is 48.8 Å². The molecule has 6 rings (SSSR count). The van der Waals surface area contributed by atoms with Gasteiger partial charge >= 0.3 is 7.60 Å². The number of hydrogen-bond acceptors (Lipinski definition) is 13. The summed E-state index contributed by atoms with van der Waals surface area (Å²) in [6, 6.07) is 0. The van der Waals surface area contributed by atoms with Crippen LogP contribution in [0.5, 0.6) is 0 Å². The quantitative estimate of drug-likeness (QED) is 0.428. The summed E-state index contributed by atoms with van der Waals surface area (Å²) < 4.78 is 86.1. The number of ether oxygens (including phenoxy) is 10. The molecule has 6 heterocycles. The van der Waals surface area contributed by atoms with E-state index in [2.05, 4.69) is 0 Å². The van der Waals surface area contributed by atoms with Gasteiger partial charge < -0.3 is 47.4 Å². The predicted molar refractivity (Wildman–Crippen MR) is 130 cm³/mol. The molecule has 10 atom stereocenters. The highest BCUT2D eigenvalue weighted by Gasteiger charge is 2.63. The maximum absolute atomic E-state index is 13.8. The molecule has 0 radical (unpaired) electrons. The van der Waals surface area contributed by atoms with Crippen LogP contribution in [0.1, 0.15) is 55.4 Å². The zero-order valence-corrected chi connectivity index (χ0v) is 24.8. The van der Waals surface area contributed by atoms with Crippen LogP contribution in [-0.4, -0.2) is 104 Å². The van der Waals surface area contributed by atoms with E-state index < -0.39 is 92.2 Å². The van der Waals surface area contributed by atoms with Gasteiger partial charge in [-0.1, -0.05) is 0 Å². The molecule has 0 amide bonds. The topological polar surface area (TPSA) is 128 Å². The highest BCUT2D eigenvalue weighted by molar-refractivity contribution is 7.53. The summed E-state index contributed by atoms with van der Waals surface area (Å²) in [5.74, 6) is -3.29. The maximum atomic E-state index is 13.8. The van der Waals surface area contributed by atoms with Gasteiger partial charge in [0.05, 0.1) is 13.2 Å². The van der Waals surface area contributed by atoms with E-state index in [0.29, 0.717) is 13.2 Å². The summed E-state index contributed by atoms with van der Waals surface area (Å²) in [5.41, 5.74) is 0. The van der Waals surface area contributed by atoms with E-state index in [1.807, 2.05) is 27.7 Å².